The number of phosphoric acid groups is 3. The van der Waals surface area contributed by atoms with Crippen LogP contribution in [0.1, 0.15) is 0 Å². The fourth-order valence-electron chi connectivity index (χ4n) is 0.515. The molecule has 0 aromatic heterocycles. The molecule has 110 valence electrons. The van der Waals surface area contributed by atoms with E-state index in [1.165, 1.54) is 0 Å². The minimum atomic E-state index is -5.55. The molecule has 0 spiro atoms. The molecule has 4 unspecified atom stereocenters. The van der Waals surface area contributed by atoms with E-state index in [-0.39, 0.29) is 0 Å². The molecule has 4 N–H and O–H groups in total. The van der Waals surface area contributed by atoms with Gasteiger partial charge in [-0.3, -0.25) is 9.09 Å². The van der Waals surface area contributed by atoms with Crippen molar-refractivity contribution in [3.8, 4) is 0 Å². The van der Waals surface area contributed by atoms with Gasteiger partial charge >= 0.3 is 31.1 Å². The Labute approximate surface area is 101 Å². The number of hydrogen-bond donors (Lipinski definition) is 4. The molecule has 0 heterocycles. The van der Waals surface area contributed by atoms with Crippen molar-refractivity contribution in [1.82, 2.24) is 0 Å². The normalized spacial score (nSPS) is 25.4. The van der Waals surface area contributed by atoms with Gasteiger partial charge < -0.3 is 19.6 Å². The van der Waals surface area contributed by atoms with Crippen LogP contribution in [-0.4, -0.2) is 33.3 Å². The van der Waals surface area contributed by atoms with E-state index >= 15 is 0 Å². The first-order valence-corrected chi connectivity index (χ1v) is 10.2. The topological polar surface area (TPSA) is 186 Å². The molecule has 12 nitrogen and oxygen atoms in total. The van der Waals surface area contributed by atoms with Crippen LogP contribution in [0.3, 0.4) is 0 Å². The first kappa shape index (κ1) is 18.6. The summed E-state index contributed by atoms with van der Waals surface area (Å²) in [6.45, 7) is 0.495. The summed E-state index contributed by atoms with van der Waals surface area (Å²) < 4.78 is 57.7. The number of phosphoric ester groups is 1. The lowest BCUT2D eigenvalue weighted by molar-refractivity contribution is 0.191. The molecular weight excluding hydrogens is 340 g/mol. The summed E-state index contributed by atoms with van der Waals surface area (Å²) in [5, 5.41) is 0. The van der Waals surface area contributed by atoms with Crippen LogP contribution in [0.4, 0.5) is 0 Å². The van der Waals surface area contributed by atoms with Crippen molar-refractivity contribution in [2.45, 2.75) is 0 Å². The maximum Gasteiger partial charge on any atom is 0.490 e. The van der Waals surface area contributed by atoms with Crippen molar-refractivity contribution in [3.63, 3.8) is 0 Å². The predicted octanol–water partition coefficient (Wildman–Crippen LogP) is 0.799. The van der Waals surface area contributed by atoms with Crippen molar-refractivity contribution < 1.29 is 55.3 Å². The summed E-state index contributed by atoms with van der Waals surface area (Å²) in [5.74, 6) is 0. The van der Waals surface area contributed by atoms with Gasteiger partial charge in [-0.05, 0) is 0 Å². The average Bonchev–Trinajstić information content (AvgIpc) is 1.93. The van der Waals surface area contributed by atoms with Crippen LogP contribution in [0.25, 0.3) is 0 Å². The fraction of sp³-hybridized carbons (Fsp3) is 1.00. The Morgan fingerprint density at radius 3 is 1.39 bits per heavy atom. The Morgan fingerprint density at radius 1 is 0.722 bits per heavy atom. The second-order valence-electron chi connectivity index (χ2n) is 2.64. The van der Waals surface area contributed by atoms with E-state index in [1.807, 2.05) is 0 Å². The van der Waals surface area contributed by atoms with Crippen molar-refractivity contribution in [2.24, 2.45) is 0 Å². The highest BCUT2D eigenvalue weighted by Gasteiger charge is 2.43. The minimum absolute atomic E-state index is 0.495. The first-order valence-electron chi connectivity index (χ1n) is 3.66. The third-order valence-corrected chi connectivity index (χ3v) is 6.70. The lowest BCUT2D eigenvalue weighted by atomic mass is 11.8. The smallest absolute Gasteiger partial charge is 0.324 e. The van der Waals surface area contributed by atoms with Gasteiger partial charge in [-0.1, -0.05) is 0 Å². The highest BCUT2D eigenvalue weighted by molar-refractivity contribution is 7.70. The third kappa shape index (κ3) is 8.66. The van der Waals surface area contributed by atoms with Crippen LogP contribution in [-0.2, 0) is 35.7 Å². The summed E-state index contributed by atoms with van der Waals surface area (Å²) in [7, 11) is -19.9. The number of hydrogen-bond acceptors (Lipinski definition) is 8. The van der Waals surface area contributed by atoms with Gasteiger partial charge in [-0.15, -0.1) is 0 Å². The molecule has 18 heavy (non-hydrogen) atoms. The second-order valence-corrected chi connectivity index (χ2v) is 9.38. The average molecular weight is 350 g/mol. The molecule has 16 heteroatoms. The molecule has 4 atom stereocenters. The molecule has 0 aliphatic heterocycles. The molecule has 0 bridgehead atoms. The molecular formula is C2H10O12P4. The monoisotopic (exact) mass is 350 g/mol. The van der Waals surface area contributed by atoms with Crippen LogP contribution >= 0.6 is 31.1 Å². The van der Waals surface area contributed by atoms with Gasteiger partial charge in [0.2, 0.25) is 0 Å². The Kier molecular flexibility index (Phi) is 6.13. The van der Waals surface area contributed by atoms with Crippen molar-refractivity contribution in [3.05, 3.63) is 0 Å². The molecule has 0 saturated carbocycles. The Bertz CT molecular complexity index is 472. The third-order valence-electron chi connectivity index (χ3n) is 0.898. The van der Waals surface area contributed by atoms with Gasteiger partial charge in [0, 0.05) is 13.8 Å². The Balaban J connectivity index is 4.88. The zero-order valence-electron chi connectivity index (χ0n) is 8.84. The Hall–Kier alpha value is 0.600. The largest absolute Gasteiger partial charge is 0.490 e. The van der Waals surface area contributed by atoms with Crippen LogP contribution in [0.5, 0.6) is 0 Å². The molecule has 0 saturated heterocycles. The fourth-order valence-corrected chi connectivity index (χ4v) is 5.18. The SMILES string of the molecule is COP(=O)(O)OP(=O)(O)OP(=O)(O)OP(C)(=O)O. The van der Waals surface area contributed by atoms with Crippen molar-refractivity contribution >= 4 is 31.1 Å². The van der Waals surface area contributed by atoms with Gasteiger partial charge in [0.05, 0.1) is 0 Å². The second kappa shape index (κ2) is 5.93. The van der Waals surface area contributed by atoms with Gasteiger partial charge in [-0.2, -0.15) is 8.62 Å². The molecule has 0 aromatic rings. The number of rotatable bonds is 7. The summed E-state index contributed by atoms with van der Waals surface area (Å²) in [5.41, 5.74) is 0. The molecule has 0 aliphatic carbocycles. The van der Waals surface area contributed by atoms with E-state index in [2.05, 4.69) is 17.5 Å². The van der Waals surface area contributed by atoms with Gasteiger partial charge in [0.1, 0.15) is 0 Å². The van der Waals surface area contributed by atoms with Crippen LogP contribution in [0.2, 0.25) is 0 Å². The summed E-state index contributed by atoms with van der Waals surface area (Å²) >= 11 is 0. The standard InChI is InChI=1S/C2H10O12P4/c1-11-16(5,6)13-18(9,10)14-17(7,8)12-15(2,3)4/h1-2H3,(H,3,4)(H,5,6)(H,7,8)(H,9,10). The first-order chi connectivity index (χ1) is 7.68. The predicted molar refractivity (Wildman–Crippen MR) is 55.5 cm³/mol. The van der Waals surface area contributed by atoms with Crippen LogP contribution in [0.15, 0.2) is 0 Å². The van der Waals surface area contributed by atoms with E-state index in [0.717, 1.165) is 0 Å². The van der Waals surface area contributed by atoms with Crippen LogP contribution in [0, 0.1) is 0 Å². The zero-order chi connectivity index (χ0) is 14.8. The van der Waals surface area contributed by atoms with Gasteiger partial charge in [-0.25, -0.2) is 18.0 Å². The summed E-state index contributed by atoms with van der Waals surface area (Å²) in [4.78, 5) is 34.9. The molecule has 0 radical (unpaired) electrons. The van der Waals surface area contributed by atoms with E-state index in [9.17, 15) is 18.3 Å². The van der Waals surface area contributed by atoms with E-state index < -0.39 is 31.1 Å². The van der Waals surface area contributed by atoms with Crippen LogP contribution < -0.4 is 0 Å². The maximum absolute atomic E-state index is 11.0. The lowest BCUT2D eigenvalue weighted by Gasteiger charge is -2.17. The van der Waals surface area contributed by atoms with Gasteiger partial charge in [0.15, 0.2) is 0 Å². The molecule has 0 rings (SSSR count). The van der Waals surface area contributed by atoms with E-state index in [1.54, 1.807) is 0 Å². The van der Waals surface area contributed by atoms with E-state index in [4.69, 9.17) is 19.6 Å². The van der Waals surface area contributed by atoms with Crippen molar-refractivity contribution in [2.75, 3.05) is 13.8 Å². The lowest BCUT2D eigenvalue weighted by Crippen LogP contribution is -1.96. The summed E-state index contributed by atoms with van der Waals surface area (Å²) in [6.07, 6.45) is 0. The molecule has 0 aliphatic rings. The van der Waals surface area contributed by atoms with Crippen molar-refractivity contribution in [1.29, 1.82) is 0 Å². The highest BCUT2D eigenvalue weighted by atomic mass is 31.3. The zero-order valence-corrected chi connectivity index (χ0v) is 12.4. The highest BCUT2D eigenvalue weighted by Crippen LogP contribution is 2.70. The molecule has 0 amide bonds. The maximum atomic E-state index is 11.0. The summed E-state index contributed by atoms with van der Waals surface area (Å²) in [6, 6.07) is 0. The van der Waals surface area contributed by atoms with Gasteiger partial charge in [0.25, 0.3) is 0 Å². The Morgan fingerprint density at radius 2 is 1.06 bits per heavy atom. The van der Waals surface area contributed by atoms with E-state index in [0.29, 0.717) is 13.8 Å². The molecule has 0 aromatic carbocycles. The quantitative estimate of drug-likeness (QED) is 0.474. The minimum Gasteiger partial charge on any atom is -0.324 e. The molecule has 0 fully saturated rings.